The Balaban J connectivity index is 2.38. The van der Waals surface area contributed by atoms with Gasteiger partial charge in [-0.3, -0.25) is 4.99 Å². The van der Waals surface area contributed by atoms with Gasteiger partial charge in [0.2, 0.25) is 0 Å². The summed E-state index contributed by atoms with van der Waals surface area (Å²) in [6, 6.07) is 0. The van der Waals surface area contributed by atoms with E-state index >= 15 is 0 Å². The van der Waals surface area contributed by atoms with Crippen LogP contribution >= 0.6 is 0 Å². The lowest BCUT2D eigenvalue weighted by Crippen LogP contribution is -1.93. The van der Waals surface area contributed by atoms with Crippen molar-refractivity contribution in [2.75, 3.05) is 6.54 Å². The maximum absolute atomic E-state index is 4.18. The molecule has 1 heteroatoms. The van der Waals surface area contributed by atoms with Crippen molar-refractivity contribution in [3.8, 4) is 0 Å². The minimum Gasteiger partial charge on any atom is -0.293 e. The predicted octanol–water partition coefficient (Wildman–Crippen LogP) is 2.19. The number of dihydropyridines is 1. The molecule has 0 saturated carbocycles. The smallest absolute Gasteiger partial charge is 0.0424 e. The Bertz CT molecular complexity index is 134. The fraction of sp³-hybridized carbons (Fsp3) is 0.625. The highest BCUT2D eigenvalue weighted by molar-refractivity contribution is 5.79. The monoisotopic (exact) mass is 123 g/mol. The van der Waals surface area contributed by atoms with Gasteiger partial charge in [-0.15, -0.1) is 0 Å². The first-order chi connectivity index (χ1) is 4.43. The standard InChI is InChI=1S/C8H13N/c1-2-4-8-5-3-6-9-7-8/h5,7H,2-4,6H2,1H3. The SMILES string of the molecule is CCCC1=CCCN=C1. The van der Waals surface area contributed by atoms with Gasteiger partial charge >= 0.3 is 0 Å². The van der Waals surface area contributed by atoms with Crippen LogP contribution in [0.1, 0.15) is 26.2 Å². The van der Waals surface area contributed by atoms with Crippen LogP contribution in [0.15, 0.2) is 16.6 Å². The molecule has 0 amide bonds. The first-order valence-electron chi connectivity index (χ1n) is 3.62. The summed E-state index contributed by atoms with van der Waals surface area (Å²) in [4.78, 5) is 4.18. The maximum atomic E-state index is 4.18. The molecule has 0 unspecified atom stereocenters. The molecule has 1 heterocycles. The summed E-state index contributed by atoms with van der Waals surface area (Å²) in [5, 5.41) is 0. The zero-order valence-electron chi connectivity index (χ0n) is 5.93. The number of aliphatic imine (C=N–C) groups is 1. The molecular formula is C8H13N. The molecule has 9 heavy (non-hydrogen) atoms. The van der Waals surface area contributed by atoms with Crippen molar-refractivity contribution in [2.45, 2.75) is 26.2 Å². The number of nitrogens with zero attached hydrogens (tertiary/aromatic N) is 1. The maximum Gasteiger partial charge on any atom is 0.0424 e. The third-order valence-corrected chi connectivity index (χ3v) is 1.46. The van der Waals surface area contributed by atoms with E-state index in [2.05, 4.69) is 18.0 Å². The van der Waals surface area contributed by atoms with Crippen LogP contribution in [0, 0.1) is 0 Å². The van der Waals surface area contributed by atoms with Gasteiger partial charge in [0.15, 0.2) is 0 Å². The summed E-state index contributed by atoms with van der Waals surface area (Å²) >= 11 is 0. The molecule has 0 radical (unpaired) electrons. The molecule has 1 nitrogen and oxygen atoms in total. The van der Waals surface area contributed by atoms with Gasteiger partial charge in [-0.05, 0) is 18.4 Å². The van der Waals surface area contributed by atoms with Gasteiger partial charge in [0.1, 0.15) is 0 Å². The van der Waals surface area contributed by atoms with E-state index in [1.54, 1.807) is 0 Å². The summed E-state index contributed by atoms with van der Waals surface area (Å²) in [5.41, 5.74) is 1.42. The van der Waals surface area contributed by atoms with E-state index in [0.29, 0.717) is 0 Å². The minimum absolute atomic E-state index is 0.993. The molecule has 50 valence electrons. The Morgan fingerprint density at radius 2 is 2.56 bits per heavy atom. The molecule has 1 aliphatic heterocycles. The second-order valence-corrected chi connectivity index (χ2v) is 2.35. The van der Waals surface area contributed by atoms with Crippen molar-refractivity contribution in [1.29, 1.82) is 0 Å². The Morgan fingerprint density at radius 3 is 3.11 bits per heavy atom. The van der Waals surface area contributed by atoms with Crippen LogP contribution in [0.4, 0.5) is 0 Å². The topological polar surface area (TPSA) is 12.4 Å². The second kappa shape index (κ2) is 3.44. The largest absolute Gasteiger partial charge is 0.293 e. The number of hydrogen-bond acceptors (Lipinski definition) is 1. The summed E-state index contributed by atoms with van der Waals surface area (Å²) in [6.07, 6.45) is 7.87. The summed E-state index contributed by atoms with van der Waals surface area (Å²) in [5.74, 6) is 0. The highest BCUT2D eigenvalue weighted by atomic mass is 14.7. The Kier molecular flexibility index (Phi) is 2.49. The summed E-state index contributed by atoms with van der Waals surface area (Å²) in [7, 11) is 0. The van der Waals surface area contributed by atoms with Crippen LogP contribution in [0.5, 0.6) is 0 Å². The lowest BCUT2D eigenvalue weighted by atomic mass is 10.1. The normalized spacial score (nSPS) is 17.7. The van der Waals surface area contributed by atoms with Gasteiger partial charge in [0.05, 0.1) is 0 Å². The molecule has 1 rings (SSSR count). The van der Waals surface area contributed by atoms with Gasteiger partial charge < -0.3 is 0 Å². The minimum atomic E-state index is 0.993. The average molecular weight is 123 g/mol. The molecule has 0 atom stereocenters. The van der Waals surface area contributed by atoms with E-state index in [-0.39, 0.29) is 0 Å². The predicted molar refractivity (Wildman–Crippen MR) is 41.0 cm³/mol. The molecule has 0 aromatic carbocycles. The van der Waals surface area contributed by atoms with E-state index in [4.69, 9.17) is 0 Å². The summed E-state index contributed by atoms with van der Waals surface area (Å²) in [6.45, 7) is 3.19. The van der Waals surface area contributed by atoms with E-state index < -0.39 is 0 Å². The third-order valence-electron chi connectivity index (χ3n) is 1.46. The molecule has 0 saturated heterocycles. The first-order valence-corrected chi connectivity index (χ1v) is 3.62. The van der Waals surface area contributed by atoms with Gasteiger partial charge in [-0.1, -0.05) is 19.4 Å². The highest BCUT2D eigenvalue weighted by Gasteiger charge is 1.94. The quantitative estimate of drug-likeness (QED) is 0.533. The van der Waals surface area contributed by atoms with Crippen molar-refractivity contribution < 1.29 is 0 Å². The lowest BCUT2D eigenvalue weighted by molar-refractivity contribution is 0.902. The van der Waals surface area contributed by atoms with Crippen LogP contribution in [0.3, 0.4) is 0 Å². The van der Waals surface area contributed by atoms with Crippen molar-refractivity contribution in [1.82, 2.24) is 0 Å². The van der Waals surface area contributed by atoms with Gasteiger partial charge in [-0.25, -0.2) is 0 Å². The zero-order valence-corrected chi connectivity index (χ0v) is 5.93. The molecule has 0 fully saturated rings. The van der Waals surface area contributed by atoms with Crippen molar-refractivity contribution in [3.05, 3.63) is 11.6 Å². The first kappa shape index (κ1) is 6.53. The van der Waals surface area contributed by atoms with E-state index in [1.807, 2.05) is 6.21 Å². The lowest BCUT2D eigenvalue weighted by Gasteiger charge is -2.02. The fourth-order valence-electron chi connectivity index (χ4n) is 1.01. The molecule has 0 N–H and O–H groups in total. The Hall–Kier alpha value is -0.590. The van der Waals surface area contributed by atoms with Crippen molar-refractivity contribution in [3.63, 3.8) is 0 Å². The second-order valence-electron chi connectivity index (χ2n) is 2.35. The van der Waals surface area contributed by atoms with Crippen LogP contribution < -0.4 is 0 Å². The third kappa shape index (κ3) is 2.00. The van der Waals surface area contributed by atoms with Crippen LogP contribution in [0.2, 0.25) is 0 Å². The zero-order chi connectivity index (χ0) is 6.53. The molecule has 0 aromatic heterocycles. The molecular weight excluding hydrogens is 110 g/mol. The molecule has 0 bridgehead atoms. The van der Waals surface area contributed by atoms with Gasteiger partial charge in [0.25, 0.3) is 0 Å². The number of rotatable bonds is 2. The number of hydrogen-bond donors (Lipinski definition) is 0. The molecule has 0 aliphatic carbocycles. The van der Waals surface area contributed by atoms with Crippen LogP contribution in [0.25, 0.3) is 0 Å². The highest BCUT2D eigenvalue weighted by Crippen LogP contribution is 2.06. The Labute approximate surface area is 56.5 Å². The molecule has 0 spiro atoms. The average Bonchev–Trinajstić information content (AvgIpc) is 1.91. The van der Waals surface area contributed by atoms with Crippen LogP contribution in [-0.2, 0) is 0 Å². The molecule has 1 aliphatic rings. The van der Waals surface area contributed by atoms with Crippen LogP contribution in [-0.4, -0.2) is 12.8 Å². The number of allylic oxidation sites excluding steroid dienone is 1. The van der Waals surface area contributed by atoms with E-state index in [0.717, 1.165) is 13.0 Å². The van der Waals surface area contributed by atoms with Crippen molar-refractivity contribution >= 4 is 6.21 Å². The molecule has 0 aromatic rings. The van der Waals surface area contributed by atoms with Gasteiger partial charge in [-0.2, -0.15) is 0 Å². The Morgan fingerprint density at radius 1 is 1.67 bits per heavy atom. The van der Waals surface area contributed by atoms with E-state index in [1.165, 1.54) is 18.4 Å². The fourth-order valence-corrected chi connectivity index (χ4v) is 1.01. The van der Waals surface area contributed by atoms with Crippen molar-refractivity contribution in [2.24, 2.45) is 4.99 Å². The van der Waals surface area contributed by atoms with E-state index in [9.17, 15) is 0 Å². The summed E-state index contributed by atoms with van der Waals surface area (Å²) < 4.78 is 0. The van der Waals surface area contributed by atoms with Gasteiger partial charge in [0, 0.05) is 12.8 Å².